The number of rotatable bonds is 3. The molecule has 1 aromatic heterocycles. The average Bonchev–Trinajstić information content (AvgIpc) is 2.15. The van der Waals surface area contributed by atoms with Crippen LogP contribution in [0.1, 0.15) is 24.5 Å². The van der Waals surface area contributed by atoms with Gasteiger partial charge in [0.15, 0.2) is 0 Å². The summed E-state index contributed by atoms with van der Waals surface area (Å²) in [4.78, 5) is 4.05. The molecule has 0 saturated heterocycles. The van der Waals surface area contributed by atoms with Gasteiger partial charge in [0, 0.05) is 12.4 Å². The molecule has 1 nitrogen and oxygen atoms in total. The average molecular weight is 159 g/mol. The van der Waals surface area contributed by atoms with Gasteiger partial charge in [-0.3, -0.25) is 4.98 Å². The van der Waals surface area contributed by atoms with E-state index in [4.69, 9.17) is 0 Å². The Labute approximate surface area is 73.5 Å². The molecule has 0 unspecified atom stereocenters. The van der Waals surface area contributed by atoms with E-state index in [2.05, 4.69) is 30.6 Å². The second-order valence-corrected chi connectivity index (χ2v) is 2.52. The van der Waals surface area contributed by atoms with Crippen molar-refractivity contribution in [2.75, 3.05) is 0 Å². The smallest absolute Gasteiger partial charge is 0.0346 e. The zero-order valence-corrected chi connectivity index (χ0v) is 7.33. The molecule has 1 heterocycles. The highest BCUT2D eigenvalue weighted by Gasteiger charge is 1.91. The van der Waals surface area contributed by atoms with Crippen molar-refractivity contribution >= 4 is 12.2 Å². The molecule has 0 spiro atoms. The van der Waals surface area contributed by atoms with Gasteiger partial charge in [-0.2, -0.15) is 0 Å². The Balaban J connectivity index is 2.96. The molecule has 1 rings (SSSR count). The lowest BCUT2D eigenvalue weighted by molar-refractivity contribution is 1.23. The SMILES string of the molecule is C=Cc1ccncc1/C=C\CC. The zero-order chi connectivity index (χ0) is 8.81. The van der Waals surface area contributed by atoms with Crippen molar-refractivity contribution in [3.05, 3.63) is 42.2 Å². The molecule has 0 aliphatic rings. The zero-order valence-electron chi connectivity index (χ0n) is 7.33. The second-order valence-electron chi connectivity index (χ2n) is 2.52. The van der Waals surface area contributed by atoms with Crippen LogP contribution in [0.15, 0.2) is 31.1 Å². The van der Waals surface area contributed by atoms with Gasteiger partial charge in [0.25, 0.3) is 0 Å². The Hall–Kier alpha value is -1.37. The Kier molecular flexibility index (Phi) is 3.27. The van der Waals surface area contributed by atoms with E-state index >= 15 is 0 Å². The van der Waals surface area contributed by atoms with Crippen LogP contribution in [0.25, 0.3) is 12.2 Å². The van der Waals surface area contributed by atoms with E-state index in [1.165, 1.54) is 0 Å². The number of aromatic nitrogens is 1. The molecule has 0 saturated carbocycles. The highest BCUT2D eigenvalue weighted by molar-refractivity contribution is 5.63. The predicted molar refractivity (Wildman–Crippen MR) is 53.7 cm³/mol. The van der Waals surface area contributed by atoms with Crippen LogP contribution in [0.4, 0.5) is 0 Å². The highest BCUT2D eigenvalue weighted by Crippen LogP contribution is 2.10. The Morgan fingerprint density at radius 1 is 1.50 bits per heavy atom. The maximum atomic E-state index is 4.05. The van der Waals surface area contributed by atoms with Gasteiger partial charge in [-0.25, -0.2) is 0 Å². The van der Waals surface area contributed by atoms with E-state index in [9.17, 15) is 0 Å². The molecule has 1 heteroatoms. The van der Waals surface area contributed by atoms with Crippen LogP contribution in [0, 0.1) is 0 Å². The van der Waals surface area contributed by atoms with Crippen LogP contribution < -0.4 is 0 Å². The third-order valence-corrected chi connectivity index (χ3v) is 1.64. The fourth-order valence-electron chi connectivity index (χ4n) is 0.987. The summed E-state index contributed by atoms with van der Waals surface area (Å²) in [5.41, 5.74) is 2.27. The maximum Gasteiger partial charge on any atom is 0.0346 e. The van der Waals surface area contributed by atoms with Crippen molar-refractivity contribution < 1.29 is 0 Å². The van der Waals surface area contributed by atoms with Crippen LogP contribution in [-0.4, -0.2) is 4.98 Å². The molecule has 0 amide bonds. The third-order valence-electron chi connectivity index (χ3n) is 1.64. The van der Waals surface area contributed by atoms with Crippen LogP contribution in [0.2, 0.25) is 0 Å². The van der Waals surface area contributed by atoms with Gasteiger partial charge in [-0.1, -0.05) is 31.7 Å². The van der Waals surface area contributed by atoms with Gasteiger partial charge in [0.05, 0.1) is 0 Å². The topological polar surface area (TPSA) is 12.9 Å². The molecule has 62 valence electrons. The molecular weight excluding hydrogens is 146 g/mol. The molecule has 1 aromatic rings. The van der Waals surface area contributed by atoms with Crippen LogP contribution >= 0.6 is 0 Å². The normalized spacial score (nSPS) is 10.4. The summed E-state index contributed by atoms with van der Waals surface area (Å²) in [5.74, 6) is 0. The monoisotopic (exact) mass is 159 g/mol. The summed E-state index contributed by atoms with van der Waals surface area (Å²) in [6.07, 6.45) is 10.7. The number of pyridine rings is 1. The van der Waals surface area contributed by atoms with Crippen molar-refractivity contribution in [3.63, 3.8) is 0 Å². The van der Waals surface area contributed by atoms with Gasteiger partial charge in [0.1, 0.15) is 0 Å². The summed E-state index contributed by atoms with van der Waals surface area (Å²) in [6.45, 7) is 5.85. The molecule has 0 radical (unpaired) electrons. The molecule has 0 fully saturated rings. The van der Waals surface area contributed by atoms with Gasteiger partial charge in [-0.05, 0) is 23.6 Å². The van der Waals surface area contributed by atoms with Gasteiger partial charge < -0.3 is 0 Å². The van der Waals surface area contributed by atoms with Gasteiger partial charge in [-0.15, -0.1) is 0 Å². The van der Waals surface area contributed by atoms with E-state index in [0.717, 1.165) is 17.5 Å². The van der Waals surface area contributed by atoms with Crippen LogP contribution in [-0.2, 0) is 0 Å². The largest absolute Gasteiger partial charge is 0.264 e. The predicted octanol–water partition coefficient (Wildman–Crippen LogP) is 3.15. The first-order valence-electron chi connectivity index (χ1n) is 4.11. The van der Waals surface area contributed by atoms with Crippen molar-refractivity contribution in [1.82, 2.24) is 4.98 Å². The quantitative estimate of drug-likeness (QED) is 0.660. The van der Waals surface area contributed by atoms with E-state index in [1.54, 1.807) is 6.20 Å². The van der Waals surface area contributed by atoms with E-state index in [-0.39, 0.29) is 0 Å². The van der Waals surface area contributed by atoms with Gasteiger partial charge in [0.2, 0.25) is 0 Å². The number of hydrogen-bond donors (Lipinski definition) is 0. The van der Waals surface area contributed by atoms with Crippen molar-refractivity contribution in [1.29, 1.82) is 0 Å². The van der Waals surface area contributed by atoms with Crippen LogP contribution in [0.5, 0.6) is 0 Å². The minimum absolute atomic E-state index is 1.05. The van der Waals surface area contributed by atoms with E-state index in [0.29, 0.717) is 0 Å². The summed E-state index contributed by atoms with van der Waals surface area (Å²) in [5, 5.41) is 0. The standard InChI is InChI=1S/C11H13N/c1-3-5-6-11-9-12-8-7-10(11)4-2/h4-9H,2-3H2,1H3/b6-5-. The Morgan fingerprint density at radius 2 is 2.33 bits per heavy atom. The molecule has 0 atom stereocenters. The lowest BCUT2D eigenvalue weighted by Crippen LogP contribution is -1.81. The van der Waals surface area contributed by atoms with Crippen molar-refractivity contribution in [2.45, 2.75) is 13.3 Å². The van der Waals surface area contributed by atoms with E-state index in [1.807, 2.05) is 18.3 Å². The molecule has 0 N–H and O–H groups in total. The molecule has 12 heavy (non-hydrogen) atoms. The minimum atomic E-state index is 1.05. The lowest BCUT2D eigenvalue weighted by Gasteiger charge is -1.97. The molecule has 0 aliphatic heterocycles. The highest BCUT2D eigenvalue weighted by atomic mass is 14.6. The van der Waals surface area contributed by atoms with E-state index < -0.39 is 0 Å². The molecule has 0 bridgehead atoms. The first-order valence-corrected chi connectivity index (χ1v) is 4.11. The Morgan fingerprint density at radius 3 is 3.00 bits per heavy atom. The third kappa shape index (κ3) is 2.06. The Bertz CT molecular complexity index is 287. The lowest BCUT2D eigenvalue weighted by atomic mass is 10.1. The first kappa shape index (κ1) is 8.72. The summed E-state index contributed by atoms with van der Waals surface area (Å²) >= 11 is 0. The number of allylic oxidation sites excluding steroid dienone is 1. The molecular formula is C11H13N. The van der Waals surface area contributed by atoms with Gasteiger partial charge >= 0.3 is 0 Å². The minimum Gasteiger partial charge on any atom is -0.264 e. The maximum absolute atomic E-state index is 4.05. The second kappa shape index (κ2) is 4.50. The fraction of sp³-hybridized carbons (Fsp3) is 0.182. The fourth-order valence-corrected chi connectivity index (χ4v) is 0.987. The number of hydrogen-bond acceptors (Lipinski definition) is 1. The first-order chi connectivity index (χ1) is 5.88. The summed E-state index contributed by atoms with van der Waals surface area (Å²) in [6, 6.07) is 1.96. The molecule has 0 aromatic carbocycles. The summed E-state index contributed by atoms with van der Waals surface area (Å²) < 4.78 is 0. The molecule has 0 aliphatic carbocycles. The van der Waals surface area contributed by atoms with Crippen molar-refractivity contribution in [2.24, 2.45) is 0 Å². The van der Waals surface area contributed by atoms with Crippen molar-refractivity contribution in [3.8, 4) is 0 Å². The number of nitrogens with zero attached hydrogens (tertiary/aromatic N) is 1. The summed E-state index contributed by atoms with van der Waals surface area (Å²) in [7, 11) is 0. The van der Waals surface area contributed by atoms with Crippen LogP contribution in [0.3, 0.4) is 0 Å².